The standard InChI is InChI=1S/C17H22N6O2/c1-25-14-4-2-3-13(7-14)8-20-16(10-18-5-6-24)23-12-22-15-9-19-11-21-17(15)23/h2-4,7,9,11-12,16,18,20,24H,5-6,8,10H2,1H3. The Morgan fingerprint density at radius 3 is 3.08 bits per heavy atom. The molecule has 25 heavy (non-hydrogen) atoms. The van der Waals surface area contributed by atoms with E-state index in [1.807, 2.05) is 28.8 Å². The molecule has 2 aromatic heterocycles. The molecule has 1 unspecified atom stereocenters. The van der Waals surface area contributed by atoms with E-state index in [2.05, 4.69) is 25.6 Å². The maximum atomic E-state index is 9.01. The molecule has 0 aliphatic heterocycles. The van der Waals surface area contributed by atoms with Crippen LogP contribution in [0.5, 0.6) is 5.75 Å². The molecule has 0 aliphatic carbocycles. The SMILES string of the molecule is COc1cccc(CNC(CNCCO)n2cnc3cncnc32)c1. The van der Waals surface area contributed by atoms with E-state index in [4.69, 9.17) is 9.84 Å². The summed E-state index contributed by atoms with van der Waals surface area (Å²) in [6.45, 7) is 1.90. The third-order valence-corrected chi connectivity index (χ3v) is 3.88. The smallest absolute Gasteiger partial charge is 0.164 e. The number of aliphatic hydroxyl groups excluding tert-OH is 1. The number of nitrogens with zero attached hydrogens (tertiary/aromatic N) is 4. The van der Waals surface area contributed by atoms with Crippen molar-refractivity contribution in [2.75, 3.05) is 26.8 Å². The molecule has 0 radical (unpaired) electrons. The van der Waals surface area contributed by atoms with Gasteiger partial charge in [-0.05, 0) is 17.7 Å². The Balaban J connectivity index is 1.77. The Labute approximate surface area is 145 Å². The molecule has 8 nitrogen and oxygen atoms in total. The van der Waals surface area contributed by atoms with E-state index in [9.17, 15) is 0 Å². The highest BCUT2D eigenvalue weighted by atomic mass is 16.5. The third kappa shape index (κ3) is 4.30. The van der Waals surface area contributed by atoms with Crippen molar-refractivity contribution < 1.29 is 9.84 Å². The topological polar surface area (TPSA) is 97.1 Å². The van der Waals surface area contributed by atoms with Gasteiger partial charge in [-0.2, -0.15) is 0 Å². The number of hydrogen-bond donors (Lipinski definition) is 3. The van der Waals surface area contributed by atoms with Crippen molar-refractivity contribution in [2.24, 2.45) is 0 Å². The van der Waals surface area contributed by atoms with E-state index in [1.165, 1.54) is 6.33 Å². The van der Waals surface area contributed by atoms with E-state index in [0.717, 1.165) is 22.5 Å². The van der Waals surface area contributed by atoms with Crippen LogP contribution in [-0.4, -0.2) is 51.4 Å². The van der Waals surface area contributed by atoms with Gasteiger partial charge in [0.05, 0.1) is 32.4 Å². The van der Waals surface area contributed by atoms with Crippen molar-refractivity contribution in [1.29, 1.82) is 0 Å². The highest BCUT2D eigenvalue weighted by Crippen LogP contribution is 2.15. The number of methoxy groups -OCH3 is 1. The van der Waals surface area contributed by atoms with Crippen LogP contribution in [0.25, 0.3) is 11.2 Å². The van der Waals surface area contributed by atoms with Crippen LogP contribution < -0.4 is 15.4 Å². The lowest BCUT2D eigenvalue weighted by Gasteiger charge is -2.21. The second kappa shape index (κ2) is 8.52. The molecule has 3 rings (SSSR count). The Hall–Kier alpha value is -2.55. The van der Waals surface area contributed by atoms with Gasteiger partial charge in [0.25, 0.3) is 0 Å². The summed E-state index contributed by atoms with van der Waals surface area (Å²) in [6.07, 6.45) is 4.89. The highest BCUT2D eigenvalue weighted by molar-refractivity contribution is 5.68. The van der Waals surface area contributed by atoms with Crippen LogP contribution in [0, 0.1) is 0 Å². The Kier molecular flexibility index (Phi) is 5.89. The van der Waals surface area contributed by atoms with E-state index in [1.54, 1.807) is 19.6 Å². The van der Waals surface area contributed by atoms with Gasteiger partial charge in [-0.25, -0.2) is 15.0 Å². The molecule has 0 spiro atoms. The van der Waals surface area contributed by atoms with Gasteiger partial charge in [-0.15, -0.1) is 0 Å². The van der Waals surface area contributed by atoms with Gasteiger partial charge < -0.3 is 15.2 Å². The number of fused-ring (bicyclic) bond motifs is 1. The van der Waals surface area contributed by atoms with Crippen LogP contribution in [0.2, 0.25) is 0 Å². The molecule has 3 N–H and O–H groups in total. The normalized spacial score (nSPS) is 12.4. The molecule has 0 saturated carbocycles. The van der Waals surface area contributed by atoms with E-state index >= 15 is 0 Å². The van der Waals surface area contributed by atoms with Crippen molar-refractivity contribution in [2.45, 2.75) is 12.7 Å². The third-order valence-electron chi connectivity index (χ3n) is 3.88. The molecular formula is C17H22N6O2. The first-order chi connectivity index (χ1) is 12.3. The van der Waals surface area contributed by atoms with Crippen LogP contribution in [0.4, 0.5) is 0 Å². The van der Waals surface area contributed by atoms with Crippen molar-refractivity contribution in [1.82, 2.24) is 30.2 Å². The van der Waals surface area contributed by atoms with Crippen molar-refractivity contribution >= 4 is 11.2 Å². The summed E-state index contributed by atoms with van der Waals surface area (Å²) in [7, 11) is 1.66. The average molecular weight is 342 g/mol. The van der Waals surface area contributed by atoms with Gasteiger partial charge in [-0.1, -0.05) is 12.1 Å². The van der Waals surface area contributed by atoms with Gasteiger partial charge in [0.1, 0.15) is 17.6 Å². The maximum Gasteiger partial charge on any atom is 0.164 e. The molecular weight excluding hydrogens is 320 g/mol. The number of imidazole rings is 1. The monoisotopic (exact) mass is 342 g/mol. The number of aliphatic hydroxyl groups is 1. The summed E-state index contributed by atoms with van der Waals surface area (Å²) < 4.78 is 7.24. The molecule has 8 heteroatoms. The Bertz CT molecular complexity index is 806. The number of ether oxygens (including phenoxy) is 1. The van der Waals surface area contributed by atoms with E-state index in [-0.39, 0.29) is 12.8 Å². The van der Waals surface area contributed by atoms with Gasteiger partial charge in [0.2, 0.25) is 0 Å². The molecule has 2 heterocycles. The molecule has 1 aromatic carbocycles. The molecule has 0 aliphatic rings. The fourth-order valence-electron chi connectivity index (χ4n) is 2.62. The summed E-state index contributed by atoms with van der Waals surface area (Å²) in [5, 5.41) is 15.7. The lowest BCUT2D eigenvalue weighted by Crippen LogP contribution is -2.36. The minimum absolute atomic E-state index is 0.0716. The minimum Gasteiger partial charge on any atom is -0.497 e. The van der Waals surface area contributed by atoms with E-state index < -0.39 is 0 Å². The lowest BCUT2D eigenvalue weighted by atomic mass is 10.2. The summed E-state index contributed by atoms with van der Waals surface area (Å²) >= 11 is 0. The summed E-state index contributed by atoms with van der Waals surface area (Å²) in [5.74, 6) is 0.829. The summed E-state index contributed by atoms with van der Waals surface area (Å²) in [6, 6.07) is 7.93. The van der Waals surface area contributed by atoms with Crippen LogP contribution >= 0.6 is 0 Å². The predicted molar refractivity (Wildman–Crippen MR) is 94.1 cm³/mol. The quantitative estimate of drug-likeness (QED) is 0.493. The number of hydrogen-bond acceptors (Lipinski definition) is 7. The molecule has 1 atom stereocenters. The second-order valence-corrected chi connectivity index (χ2v) is 5.56. The molecule has 132 valence electrons. The molecule has 0 saturated heterocycles. The fourth-order valence-corrected chi connectivity index (χ4v) is 2.62. The Morgan fingerprint density at radius 1 is 1.32 bits per heavy atom. The van der Waals surface area contributed by atoms with Crippen molar-refractivity contribution in [3.05, 3.63) is 48.7 Å². The van der Waals surface area contributed by atoms with Crippen LogP contribution in [0.3, 0.4) is 0 Å². The first-order valence-electron chi connectivity index (χ1n) is 8.12. The largest absolute Gasteiger partial charge is 0.497 e. The molecule has 3 aromatic rings. The second-order valence-electron chi connectivity index (χ2n) is 5.56. The zero-order valence-electron chi connectivity index (χ0n) is 14.1. The zero-order valence-corrected chi connectivity index (χ0v) is 14.1. The van der Waals surface area contributed by atoms with Gasteiger partial charge in [0, 0.05) is 19.6 Å². The van der Waals surface area contributed by atoms with Crippen molar-refractivity contribution in [3.8, 4) is 5.75 Å². The number of aromatic nitrogens is 4. The number of nitrogens with one attached hydrogen (secondary N) is 2. The highest BCUT2D eigenvalue weighted by Gasteiger charge is 2.14. The molecule has 0 fully saturated rings. The summed E-state index contributed by atoms with van der Waals surface area (Å²) in [4.78, 5) is 12.7. The zero-order chi connectivity index (χ0) is 17.5. The maximum absolute atomic E-state index is 9.01. The first kappa shape index (κ1) is 17.3. The van der Waals surface area contributed by atoms with Gasteiger partial charge in [0.15, 0.2) is 5.65 Å². The molecule has 0 bridgehead atoms. The first-order valence-corrected chi connectivity index (χ1v) is 8.12. The van der Waals surface area contributed by atoms with Crippen LogP contribution in [0.15, 0.2) is 43.1 Å². The van der Waals surface area contributed by atoms with Crippen LogP contribution in [0.1, 0.15) is 11.7 Å². The number of rotatable bonds is 9. The molecule has 0 amide bonds. The van der Waals surface area contributed by atoms with Crippen LogP contribution in [-0.2, 0) is 6.54 Å². The van der Waals surface area contributed by atoms with Gasteiger partial charge in [-0.3, -0.25) is 9.88 Å². The lowest BCUT2D eigenvalue weighted by molar-refractivity contribution is 0.283. The van der Waals surface area contributed by atoms with Gasteiger partial charge >= 0.3 is 0 Å². The number of benzene rings is 1. The Morgan fingerprint density at radius 2 is 2.24 bits per heavy atom. The minimum atomic E-state index is -0.0716. The van der Waals surface area contributed by atoms with E-state index in [0.29, 0.717) is 19.6 Å². The van der Waals surface area contributed by atoms with Crippen molar-refractivity contribution in [3.63, 3.8) is 0 Å². The predicted octanol–water partition coefficient (Wildman–Crippen LogP) is 0.705. The fraction of sp³-hybridized carbons (Fsp3) is 0.353. The summed E-state index contributed by atoms with van der Waals surface area (Å²) in [5.41, 5.74) is 2.63. The average Bonchev–Trinajstić information content (AvgIpc) is 3.09.